The smallest absolute Gasteiger partial charge is 0.251 e. The van der Waals surface area contributed by atoms with Gasteiger partial charge in [0, 0.05) is 30.5 Å². The molecule has 6 nitrogen and oxygen atoms in total. The van der Waals surface area contributed by atoms with Gasteiger partial charge in [0.1, 0.15) is 6.67 Å². The zero-order chi connectivity index (χ0) is 18.3. The van der Waals surface area contributed by atoms with Gasteiger partial charge in [-0.2, -0.15) is 0 Å². The van der Waals surface area contributed by atoms with Crippen molar-refractivity contribution < 1.29 is 17.6 Å². The summed E-state index contributed by atoms with van der Waals surface area (Å²) >= 11 is 0. The summed E-state index contributed by atoms with van der Waals surface area (Å²) in [5, 5.41) is 2.37. The number of amides is 1. The Balaban J connectivity index is 2.09. The van der Waals surface area contributed by atoms with Crippen LogP contribution in [-0.4, -0.2) is 38.6 Å². The lowest BCUT2D eigenvalue weighted by atomic mass is 10.1. The fourth-order valence-electron chi connectivity index (χ4n) is 2.31. The van der Waals surface area contributed by atoms with E-state index >= 15 is 0 Å². The van der Waals surface area contributed by atoms with Gasteiger partial charge < -0.3 is 5.32 Å². The molecule has 1 amide bonds. The normalized spacial score (nSPS) is 12.6. The molecule has 1 heterocycles. The van der Waals surface area contributed by atoms with Crippen LogP contribution in [0.5, 0.6) is 0 Å². The van der Waals surface area contributed by atoms with Gasteiger partial charge in [0.05, 0.1) is 4.90 Å². The summed E-state index contributed by atoms with van der Waals surface area (Å²) in [5.41, 5.74) is 1.13. The standard InChI is InChI=1S/C17H20FN3O3S/c1-13(11-14-5-8-19-9-6-14)21-25(23,24)16-4-2-3-15(12-16)17(22)20-10-7-18/h2-6,8-9,12-13,21H,7,10-11H2,1H3,(H,20,22)/t13-/m0/s1. The van der Waals surface area contributed by atoms with Crippen molar-refractivity contribution in [2.24, 2.45) is 0 Å². The van der Waals surface area contributed by atoms with Crippen molar-refractivity contribution in [2.75, 3.05) is 13.2 Å². The molecule has 0 spiro atoms. The van der Waals surface area contributed by atoms with Crippen molar-refractivity contribution in [2.45, 2.75) is 24.3 Å². The van der Waals surface area contributed by atoms with Gasteiger partial charge >= 0.3 is 0 Å². The predicted octanol–water partition coefficient (Wildman–Crippen LogP) is 1.69. The quantitative estimate of drug-likeness (QED) is 0.745. The molecule has 0 fully saturated rings. The third-order valence-electron chi connectivity index (χ3n) is 3.43. The number of hydrogen-bond acceptors (Lipinski definition) is 4. The second-order valence-electron chi connectivity index (χ2n) is 5.55. The van der Waals surface area contributed by atoms with E-state index in [0.29, 0.717) is 6.42 Å². The first-order chi connectivity index (χ1) is 11.9. The number of rotatable bonds is 8. The van der Waals surface area contributed by atoms with Gasteiger partial charge in [0.25, 0.3) is 5.91 Å². The minimum atomic E-state index is -3.78. The molecule has 0 aliphatic heterocycles. The molecule has 0 aliphatic carbocycles. The predicted molar refractivity (Wildman–Crippen MR) is 92.5 cm³/mol. The maximum Gasteiger partial charge on any atom is 0.251 e. The first-order valence-corrected chi connectivity index (χ1v) is 9.26. The van der Waals surface area contributed by atoms with E-state index in [1.54, 1.807) is 19.3 Å². The van der Waals surface area contributed by atoms with Gasteiger partial charge in [0.2, 0.25) is 10.0 Å². The van der Waals surface area contributed by atoms with Crippen LogP contribution in [0, 0.1) is 0 Å². The van der Waals surface area contributed by atoms with Crippen molar-refractivity contribution >= 4 is 15.9 Å². The molecule has 0 unspecified atom stereocenters. The highest BCUT2D eigenvalue weighted by Gasteiger charge is 2.19. The third kappa shape index (κ3) is 5.61. The monoisotopic (exact) mass is 365 g/mol. The highest BCUT2D eigenvalue weighted by molar-refractivity contribution is 7.89. The van der Waals surface area contributed by atoms with Crippen molar-refractivity contribution in [3.05, 3.63) is 59.9 Å². The molecular formula is C17H20FN3O3S. The Morgan fingerprint density at radius 3 is 2.64 bits per heavy atom. The first-order valence-electron chi connectivity index (χ1n) is 7.78. The Labute approximate surface area is 146 Å². The minimum Gasteiger partial charge on any atom is -0.349 e. The number of aromatic nitrogens is 1. The summed E-state index contributed by atoms with van der Waals surface area (Å²) in [4.78, 5) is 15.8. The lowest BCUT2D eigenvalue weighted by Crippen LogP contribution is -2.34. The molecule has 134 valence electrons. The van der Waals surface area contributed by atoms with Crippen LogP contribution in [0.15, 0.2) is 53.7 Å². The Bertz CT molecular complexity index is 813. The molecule has 2 N–H and O–H groups in total. The highest BCUT2D eigenvalue weighted by Crippen LogP contribution is 2.13. The molecule has 2 aromatic rings. The largest absolute Gasteiger partial charge is 0.349 e. The van der Waals surface area contributed by atoms with E-state index in [1.807, 2.05) is 12.1 Å². The molecular weight excluding hydrogens is 345 g/mol. The van der Waals surface area contributed by atoms with Gasteiger partial charge in [0.15, 0.2) is 0 Å². The van der Waals surface area contributed by atoms with E-state index in [2.05, 4.69) is 15.0 Å². The molecule has 0 radical (unpaired) electrons. The van der Waals surface area contributed by atoms with Gasteiger partial charge in [-0.1, -0.05) is 6.07 Å². The topological polar surface area (TPSA) is 88.2 Å². The zero-order valence-electron chi connectivity index (χ0n) is 13.8. The van der Waals surface area contributed by atoms with Crippen molar-refractivity contribution in [1.82, 2.24) is 15.0 Å². The van der Waals surface area contributed by atoms with Crippen molar-refractivity contribution in [3.8, 4) is 0 Å². The number of carbonyl (C=O) groups excluding carboxylic acids is 1. The fraction of sp³-hybridized carbons (Fsp3) is 0.294. The number of hydrogen-bond donors (Lipinski definition) is 2. The van der Waals surface area contributed by atoms with Crippen LogP contribution in [0.25, 0.3) is 0 Å². The molecule has 1 aromatic carbocycles. The van der Waals surface area contributed by atoms with Crippen molar-refractivity contribution in [3.63, 3.8) is 0 Å². The fourth-order valence-corrected chi connectivity index (χ4v) is 3.60. The van der Waals surface area contributed by atoms with Crippen LogP contribution in [0.3, 0.4) is 0 Å². The van der Waals surface area contributed by atoms with Crippen LogP contribution < -0.4 is 10.0 Å². The van der Waals surface area contributed by atoms with Gasteiger partial charge in [-0.3, -0.25) is 9.78 Å². The summed E-state index contributed by atoms with van der Waals surface area (Å²) < 4.78 is 39.7. The molecule has 0 saturated heterocycles. The second kappa shape index (κ2) is 8.68. The number of sulfonamides is 1. The van der Waals surface area contributed by atoms with E-state index in [4.69, 9.17) is 0 Å². The van der Waals surface area contributed by atoms with E-state index < -0.39 is 22.6 Å². The Morgan fingerprint density at radius 1 is 1.24 bits per heavy atom. The Morgan fingerprint density at radius 2 is 1.96 bits per heavy atom. The first kappa shape index (κ1) is 19.0. The number of carbonyl (C=O) groups is 1. The molecule has 1 aromatic heterocycles. The van der Waals surface area contributed by atoms with E-state index in [1.165, 1.54) is 24.3 Å². The number of pyridine rings is 1. The molecule has 0 bridgehead atoms. The SMILES string of the molecule is C[C@@H](Cc1ccncc1)NS(=O)(=O)c1cccc(C(=O)NCCF)c1. The lowest BCUT2D eigenvalue weighted by Gasteiger charge is -2.15. The molecule has 25 heavy (non-hydrogen) atoms. The van der Waals surface area contributed by atoms with E-state index in [0.717, 1.165) is 5.56 Å². The minimum absolute atomic E-state index is 0.0121. The maximum absolute atomic E-state index is 12.5. The Hall–Kier alpha value is -2.32. The second-order valence-corrected chi connectivity index (χ2v) is 7.27. The van der Waals surface area contributed by atoms with E-state index in [9.17, 15) is 17.6 Å². The molecule has 2 rings (SSSR count). The number of benzene rings is 1. The van der Waals surface area contributed by atoms with Gasteiger partial charge in [-0.25, -0.2) is 17.5 Å². The highest BCUT2D eigenvalue weighted by atomic mass is 32.2. The molecule has 1 atom stereocenters. The van der Waals surface area contributed by atoms with Gasteiger partial charge in [-0.05, 0) is 49.2 Å². The zero-order valence-corrected chi connectivity index (χ0v) is 14.6. The summed E-state index contributed by atoms with van der Waals surface area (Å²) in [6.45, 7) is 0.963. The summed E-state index contributed by atoms with van der Waals surface area (Å²) in [6.07, 6.45) is 3.81. The summed E-state index contributed by atoms with van der Waals surface area (Å²) in [5.74, 6) is -0.514. The average molecular weight is 365 g/mol. The number of halogens is 1. The van der Waals surface area contributed by atoms with Crippen LogP contribution >= 0.6 is 0 Å². The van der Waals surface area contributed by atoms with E-state index in [-0.39, 0.29) is 23.0 Å². The number of alkyl halides is 1. The van der Waals surface area contributed by atoms with Crippen LogP contribution in [0.2, 0.25) is 0 Å². The molecule has 0 aliphatic rings. The lowest BCUT2D eigenvalue weighted by molar-refractivity contribution is 0.0950. The summed E-state index contributed by atoms with van der Waals surface area (Å²) in [7, 11) is -3.78. The molecule has 0 saturated carbocycles. The number of nitrogens with one attached hydrogen (secondary N) is 2. The van der Waals surface area contributed by atoms with Crippen LogP contribution in [-0.2, 0) is 16.4 Å². The number of nitrogens with zero attached hydrogens (tertiary/aromatic N) is 1. The Kier molecular flexibility index (Phi) is 6.60. The maximum atomic E-state index is 12.5. The van der Waals surface area contributed by atoms with Crippen LogP contribution in [0.4, 0.5) is 4.39 Å². The van der Waals surface area contributed by atoms with Gasteiger partial charge in [-0.15, -0.1) is 0 Å². The van der Waals surface area contributed by atoms with Crippen LogP contribution in [0.1, 0.15) is 22.8 Å². The average Bonchev–Trinajstić information content (AvgIpc) is 2.60. The van der Waals surface area contributed by atoms with Crippen molar-refractivity contribution in [1.29, 1.82) is 0 Å². The molecule has 8 heteroatoms. The third-order valence-corrected chi connectivity index (χ3v) is 5.02. The summed E-state index contributed by atoms with van der Waals surface area (Å²) in [6, 6.07) is 8.94.